The van der Waals surface area contributed by atoms with Crippen molar-refractivity contribution in [3.05, 3.63) is 58.3 Å². The van der Waals surface area contributed by atoms with Crippen LogP contribution in [0.2, 0.25) is 0 Å². The third-order valence-corrected chi connectivity index (χ3v) is 6.14. The normalized spacial score (nSPS) is 19.2. The summed E-state index contributed by atoms with van der Waals surface area (Å²) in [6.45, 7) is 6.96. The molecule has 1 aromatic carbocycles. The topological polar surface area (TPSA) is 63.0 Å². The molecule has 0 spiro atoms. The fourth-order valence-electron chi connectivity index (χ4n) is 4.66. The van der Waals surface area contributed by atoms with Crippen molar-refractivity contribution in [2.24, 2.45) is 5.92 Å². The standard InChI is InChI=1S/C24H29FN2O4/c1-3-30-24(29)18-7-5-10-27(14-18)23(28)22-16(2)31-21-9-11-26(15-20(21)22)13-17-6-4-8-19(25)12-17/h4,6,8,12,18H,3,5,7,9-11,13-15H2,1-2H3. The first kappa shape index (κ1) is 21.6. The van der Waals surface area contributed by atoms with Crippen LogP contribution in [0.3, 0.4) is 0 Å². The molecular formula is C24H29FN2O4. The largest absolute Gasteiger partial charge is 0.466 e. The third kappa shape index (κ3) is 4.66. The Bertz CT molecular complexity index is 970. The molecule has 3 heterocycles. The number of hydrogen-bond acceptors (Lipinski definition) is 5. The molecule has 1 fully saturated rings. The van der Waals surface area contributed by atoms with Crippen LogP contribution in [-0.4, -0.2) is 47.9 Å². The van der Waals surface area contributed by atoms with Crippen LogP contribution < -0.4 is 0 Å². The van der Waals surface area contributed by atoms with Gasteiger partial charge < -0.3 is 14.1 Å². The number of likely N-dealkylation sites (tertiary alicyclic amines) is 1. The van der Waals surface area contributed by atoms with E-state index in [1.165, 1.54) is 6.07 Å². The van der Waals surface area contributed by atoms with Crippen LogP contribution in [-0.2, 0) is 29.0 Å². The highest BCUT2D eigenvalue weighted by atomic mass is 19.1. The van der Waals surface area contributed by atoms with Crippen molar-refractivity contribution in [1.82, 2.24) is 9.80 Å². The second-order valence-corrected chi connectivity index (χ2v) is 8.37. The van der Waals surface area contributed by atoms with E-state index in [-0.39, 0.29) is 23.6 Å². The van der Waals surface area contributed by atoms with Gasteiger partial charge in [0.15, 0.2) is 0 Å². The number of ether oxygens (including phenoxy) is 1. The van der Waals surface area contributed by atoms with Crippen LogP contribution in [0.1, 0.15) is 52.8 Å². The highest BCUT2D eigenvalue weighted by molar-refractivity contribution is 5.97. The molecule has 0 aliphatic carbocycles. The van der Waals surface area contributed by atoms with Gasteiger partial charge in [-0.2, -0.15) is 0 Å². The van der Waals surface area contributed by atoms with E-state index in [1.807, 2.05) is 13.0 Å². The molecule has 166 valence electrons. The SMILES string of the molecule is CCOC(=O)C1CCCN(C(=O)c2c(C)oc3c2CN(Cc2cccc(F)c2)CC3)C1. The lowest BCUT2D eigenvalue weighted by Crippen LogP contribution is -2.43. The molecule has 7 heteroatoms. The van der Waals surface area contributed by atoms with Gasteiger partial charge in [-0.3, -0.25) is 14.5 Å². The number of halogens is 1. The monoisotopic (exact) mass is 428 g/mol. The van der Waals surface area contributed by atoms with E-state index in [1.54, 1.807) is 24.0 Å². The van der Waals surface area contributed by atoms with Gasteiger partial charge in [-0.05, 0) is 44.4 Å². The van der Waals surface area contributed by atoms with Gasteiger partial charge in [0.1, 0.15) is 17.3 Å². The summed E-state index contributed by atoms with van der Waals surface area (Å²) < 4.78 is 24.7. The maximum absolute atomic E-state index is 13.6. The van der Waals surface area contributed by atoms with E-state index in [0.717, 1.165) is 36.3 Å². The smallest absolute Gasteiger partial charge is 0.310 e. The highest BCUT2D eigenvalue weighted by Crippen LogP contribution is 2.31. The Balaban J connectivity index is 1.51. The number of rotatable bonds is 5. The molecule has 2 aromatic rings. The molecule has 1 saturated heterocycles. The lowest BCUT2D eigenvalue weighted by atomic mass is 9.96. The number of carbonyl (C=O) groups is 2. The van der Waals surface area contributed by atoms with Gasteiger partial charge in [0, 0.05) is 44.7 Å². The minimum absolute atomic E-state index is 0.0795. The van der Waals surface area contributed by atoms with Crippen molar-refractivity contribution < 1.29 is 23.1 Å². The van der Waals surface area contributed by atoms with Gasteiger partial charge in [-0.1, -0.05) is 12.1 Å². The Kier molecular flexibility index (Phi) is 6.41. The fourth-order valence-corrected chi connectivity index (χ4v) is 4.66. The molecule has 2 aliphatic rings. The molecule has 0 radical (unpaired) electrons. The average molecular weight is 429 g/mol. The van der Waals surface area contributed by atoms with E-state index in [9.17, 15) is 14.0 Å². The molecule has 4 rings (SSSR count). The number of piperidine rings is 1. The van der Waals surface area contributed by atoms with E-state index in [4.69, 9.17) is 9.15 Å². The summed E-state index contributed by atoms with van der Waals surface area (Å²) in [4.78, 5) is 29.6. The van der Waals surface area contributed by atoms with Gasteiger partial charge in [0.2, 0.25) is 0 Å². The molecule has 1 unspecified atom stereocenters. The molecule has 1 aromatic heterocycles. The predicted octanol–water partition coefficient (Wildman–Crippen LogP) is 3.70. The molecular weight excluding hydrogens is 399 g/mol. The summed E-state index contributed by atoms with van der Waals surface area (Å²) in [6.07, 6.45) is 2.23. The Morgan fingerprint density at radius 3 is 2.90 bits per heavy atom. The first-order chi connectivity index (χ1) is 15.0. The summed E-state index contributed by atoms with van der Waals surface area (Å²) in [5.41, 5.74) is 2.44. The maximum atomic E-state index is 13.6. The van der Waals surface area contributed by atoms with Crippen molar-refractivity contribution >= 4 is 11.9 Å². The molecule has 0 saturated carbocycles. The van der Waals surface area contributed by atoms with Crippen molar-refractivity contribution in [1.29, 1.82) is 0 Å². The number of nitrogens with zero attached hydrogens (tertiary/aromatic N) is 2. The van der Waals surface area contributed by atoms with Crippen LogP contribution in [0.15, 0.2) is 28.7 Å². The molecule has 1 atom stereocenters. The van der Waals surface area contributed by atoms with Gasteiger partial charge >= 0.3 is 5.97 Å². The summed E-state index contributed by atoms with van der Waals surface area (Å²) in [7, 11) is 0. The number of furan rings is 1. The zero-order valence-corrected chi connectivity index (χ0v) is 18.2. The summed E-state index contributed by atoms with van der Waals surface area (Å²) in [5.74, 6) is 0.657. The van der Waals surface area contributed by atoms with Crippen LogP contribution in [0.5, 0.6) is 0 Å². The van der Waals surface area contributed by atoms with Crippen molar-refractivity contribution in [2.75, 3.05) is 26.2 Å². The van der Waals surface area contributed by atoms with E-state index >= 15 is 0 Å². The van der Waals surface area contributed by atoms with Crippen molar-refractivity contribution in [3.8, 4) is 0 Å². The molecule has 0 bridgehead atoms. The second-order valence-electron chi connectivity index (χ2n) is 8.37. The van der Waals surface area contributed by atoms with Crippen molar-refractivity contribution in [2.45, 2.75) is 46.2 Å². The summed E-state index contributed by atoms with van der Waals surface area (Å²) in [6, 6.07) is 6.61. The number of carbonyl (C=O) groups excluding carboxylic acids is 2. The first-order valence-corrected chi connectivity index (χ1v) is 11.0. The summed E-state index contributed by atoms with van der Waals surface area (Å²) in [5, 5.41) is 0. The van der Waals surface area contributed by atoms with Gasteiger partial charge in [0.05, 0.1) is 18.1 Å². The molecule has 31 heavy (non-hydrogen) atoms. The quantitative estimate of drug-likeness (QED) is 0.680. The number of amides is 1. The number of fused-ring (bicyclic) bond motifs is 1. The fraction of sp³-hybridized carbons (Fsp3) is 0.500. The lowest BCUT2D eigenvalue weighted by Gasteiger charge is -2.32. The lowest BCUT2D eigenvalue weighted by molar-refractivity contribution is -0.149. The number of benzene rings is 1. The van der Waals surface area contributed by atoms with E-state index in [2.05, 4.69) is 4.90 Å². The summed E-state index contributed by atoms with van der Waals surface area (Å²) >= 11 is 0. The highest BCUT2D eigenvalue weighted by Gasteiger charge is 2.34. The minimum Gasteiger partial charge on any atom is -0.466 e. The van der Waals surface area contributed by atoms with Crippen LogP contribution in [0.25, 0.3) is 0 Å². The molecule has 2 aliphatic heterocycles. The number of hydrogen-bond donors (Lipinski definition) is 0. The Hall–Kier alpha value is -2.67. The molecule has 1 amide bonds. The number of esters is 1. The Labute approximate surface area is 182 Å². The van der Waals surface area contributed by atoms with Gasteiger partial charge in [0.25, 0.3) is 5.91 Å². The first-order valence-electron chi connectivity index (χ1n) is 11.0. The number of aryl methyl sites for hydroxylation is 1. The zero-order chi connectivity index (χ0) is 22.0. The van der Waals surface area contributed by atoms with Gasteiger partial charge in [-0.15, -0.1) is 0 Å². The Morgan fingerprint density at radius 2 is 2.13 bits per heavy atom. The van der Waals surface area contributed by atoms with E-state index < -0.39 is 0 Å². The minimum atomic E-state index is -0.273. The van der Waals surface area contributed by atoms with Gasteiger partial charge in [-0.25, -0.2) is 4.39 Å². The zero-order valence-electron chi connectivity index (χ0n) is 18.2. The maximum Gasteiger partial charge on any atom is 0.310 e. The van der Waals surface area contributed by atoms with Crippen molar-refractivity contribution in [3.63, 3.8) is 0 Å². The molecule has 0 N–H and O–H groups in total. The van der Waals surface area contributed by atoms with Crippen LogP contribution in [0, 0.1) is 18.7 Å². The molecule has 6 nitrogen and oxygen atoms in total. The Morgan fingerprint density at radius 1 is 1.29 bits per heavy atom. The second kappa shape index (κ2) is 9.22. The van der Waals surface area contributed by atoms with Crippen LogP contribution in [0.4, 0.5) is 4.39 Å². The van der Waals surface area contributed by atoms with E-state index in [0.29, 0.717) is 50.5 Å². The third-order valence-electron chi connectivity index (χ3n) is 6.14. The predicted molar refractivity (Wildman–Crippen MR) is 113 cm³/mol. The average Bonchev–Trinajstić information content (AvgIpc) is 3.08. The van der Waals surface area contributed by atoms with Crippen LogP contribution >= 0.6 is 0 Å².